The zero-order valence-electron chi connectivity index (χ0n) is 22.8. The van der Waals surface area contributed by atoms with Gasteiger partial charge >= 0.3 is 0 Å². The molecule has 2 amide bonds. The van der Waals surface area contributed by atoms with Gasteiger partial charge in [0.25, 0.3) is 5.91 Å². The van der Waals surface area contributed by atoms with Crippen molar-refractivity contribution < 1.29 is 22.7 Å². The fourth-order valence-electron chi connectivity index (χ4n) is 5.27. The van der Waals surface area contributed by atoms with Crippen LogP contribution in [0.3, 0.4) is 0 Å². The predicted octanol–water partition coefficient (Wildman–Crippen LogP) is 4.98. The normalized spacial score (nSPS) is 17.2. The summed E-state index contributed by atoms with van der Waals surface area (Å²) in [6.07, 6.45) is 2.37. The van der Waals surface area contributed by atoms with Gasteiger partial charge < -0.3 is 15.0 Å². The maximum atomic E-state index is 13.4. The van der Waals surface area contributed by atoms with Crippen LogP contribution < -0.4 is 5.32 Å². The monoisotopic (exact) mass is 610 g/mol. The smallest absolute Gasteiger partial charge is 0.256 e. The first-order chi connectivity index (χ1) is 19.7. The van der Waals surface area contributed by atoms with E-state index in [1.807, 2.05) is 29.2 Å². The summed E-state index contributed by atoms with van der Waals surface area (Å²) in [5.41, 5.74) is 3.25. The number of hydrogen-bond donors (Lipinski definition) is 1. The third kappa shape index (κ3) is 5.54. The predicted molar refractivity (Wildman–Crippen MR) is 161 cm³/mol. The molecule has 12 heteroatoms. The van der Waals surface area contributed by atoms with Crippen molar-refractivity contribution in [3.63, 3.8) is 0 Å². The minimum Gasteiger partial charge on any atom is -0.377 e. The Kier molecular flexibility index (Phi) is 7.68. The molecule has 0 saturated carbocycles. The van der Waals surface area contributed by atoms with E-state index in [0.717, 1.165) is 44.1 Å². The van der Waals surface area contributed by atoms with Gasteiger partial charge in [0.05, 0.1) is 27.8 Å². The Balaban J connectivity index is 1.27. The second-order valence-electron chi connectivity index (χ2n) is 10.3. The Labute approximate surface area is 246 Å². The van der Waals surface area contributed by atoms with E-state index < -0.39 is 10.0 Å². The number of nitrogens with one attached hydrogen (secondary N) is 1. The molecule has 4 aromatic rings. The summed E-state index contributed by atoms with van der Waals surface area (Å²) in [4.78, 5) is 33.3. The van der Waals surface area contributed by atoms with Gasteiger partial charge in [0.1, 0.15) is 10.0 Å². The van der Waals surface area contributed by atoms with Gasteiger partial charge in [0.2, 0.25) is 15.9 Å². The molecule has 2 aliphatic heterocycles. The molecule has 4 heterocycles. The number of hydrogen-bond acceptors (Lipinski definition) is 8. The molecule has 1 saturated heterocycles. The molecule has 2 aliphatic rings. The molecular weight excluding hydrogens is 581 g/mol. The van der Waals surface area contributed by atoms with Crippen LogP contribution in [0.1, 0.15) is 40.6 Å². The highest BCUT2D eigenvalue weighted by atomic mass is 32.2. The SMILES string of the molecule is CC(=O)N1CCc2c(sc(NC(=O)c3ccc(S(=O)(=O)N(C)CC4CCCO4)cc3)c2-c2nc3ccccc3s2)C1. The quantitative estimate of drug-likeness (QED) is 0.316. The maximum absolute atomic E-state index is 13.4. The topological polar surface area (TPSA) is 109 Å². The number of fused-ring (bicyclic) bond motifs is 2. The highest BCUT2D eigenvalue weighted by Gasteiger charge is 2.29. The van der Waals surface area contributed by atoms with E-state index in [1.54, 1.807) is 25.3 Å². The molecule has 1 unspecified atom stereocenters. The van der Waals surface area contributed by atoms with Crippen molar-refractivity contribution in [3.8, 4) is 10.6 Å². The number of ether oxygens (including phenoxy) is 1. The van der Waals surface area contributed by atoms with Gasteiger partial charge in [0.15, 0.2) is 0 Å². The van der Waals surface area contributed by atoms with Crippen molar-refractivity contribution in [2.24, 2.45) is 0 Å². The summed E-state index contributed by atoms with van der Waals surface area (Å²) in [5, 5.41) is 4.57. The van der Waals surface area contributed by atoms with Gasteiger partial charge in [-0.05, 0) is 61.2 Å². The van der Waals surface area contributed by atoms with Crippen molar-refractivity contribution in [1.29, 1.82) is 0 Å². The zero-order valence-corrected chi connectivity index (χ0v) is 25.2. The number of thiazole rings is 1. The van der Waals surface area contributed by atoms with Crippen molar-refractivity contribution in [3.05, 3.63) is 64.5 Å². The van der Waals surface area contributed by atoms with E-state index in [-0.39, 0.29) is 22.8 Å². The highest BCUT2D eigenvalue weighted by molar-refractivity contribution is 7.89. The van der Waals surface area contributed by atoms with Crippen LogP contribution in [0, 0.1) is 0 Å². The van der Waals surface area contributed by atoms with E-state index in [9.17, 15) is 18.0 Å². The molecule has 6 rings (SSSR count). The molecule has 9 nitrogen and oxygen atoms in total. The molecular formula is C29H30N4O5S3. The number of thiophene rings is 1. The van der Waals surface area contributed by atoms with E-state index in [0.29, 0.717) is 43.2 Å². The Morgan fingerprint density at radius 1 is 1.15 bits per heavy atom. The number of likely N-dealkylation sites (N-methyl/N-ethyl adjacent to an activating group) is 1. The number of amides is 2. The van der Waals surface area contributed by atoms with Crippen molar-refractivity contribution in [1.82, 2.24) is 14.2 Å². The molecule has 0 bridgehead atoms. The summed E-state index contributed by atoms with van der Waals surface area (Å²) in [7, 11) is -2.16. The van der Waals surface area contributed by atoms with Gasteiger partial charge in [0, 0.05) is 49.7 Å². The lowest BCUT2D eigenvalue weighted by molar-refractivity contribution is -0.129. The van der Waals surface area contributed by atoms with Gasteiger partial charge in [-0.15, -0.1) is 22.7 Å². The molecule has 1 N–H and O–H groups in total. The van der Waals surface area contributed by atoms with Gasteiger partial charge in [-0.2, -0.15) is 4.31 Å². The molecule has 41 heavy (non-hydrogen) atoms. The number of aromatic nitrogens is 1. The number of para-hydroxylation sites is 1. The minimum atomic E-state index is -3.71. The standard InChI is InChI=1S/C29H30N4O5S3/c1-18(34)33-14-13-22-25(17-33)40-29(26(22)28-30-23-7-3-4-8-24(23)39-28)31-27(35)19-9-11-21(12-10-19)41(36,37)32(2)16-20-6-5-15-38-20/h3-4,7-12,20H,5-6,13-17H2,1-2H3,(H,31,35). The van der Waals surface area contributed by atoms with Crippen LogP contribution in [0.25, 0.3) is 20.8 Å². The highest BCUT2D eigenvalue weighted by Crippen LogP contribution is 2.45. The molecule has 0 aliphatic carbocycles. The van der Waals surface area contributed by atoms with Crippen LogP contribution in [-0.4, -0.2) is 67.3 Å². The number of carbonyl (C=O) groups is 2. The average molecular weight is 611 g/mol. The molecule has 0 spiro atoms. The fourth-order valence-corrected chi connectivity index (χ4v) is 8.84. The van der Waals surface area contributed by atoms with Gasteiger partial charge in [-0.25, -0.2) is 13.4 Å². The first-order valence-corrected chi connectivity index (χ1v) is 16.5. The summed E-state index contributed by atoms with van der Waals surface area (Å²) in [6, 6.07) is 13.9. The first kappa shape index (κ1) is 28.0. The van der Waals surface area contributed by atoms with Crippen LogP contribution in [0.4, 0.5) is 5.00 Å². The molecule has 0 radical (unpaired) electrons. The van der Waals surface area contributed by atoms with Crippen molar-refractivity contribution in [2.45, 2.75) is 43.7 Å². The summed E-state index contributed by atoms with van der Waals surface area (Å²) >= 11 is 3.04. The lowest BCUT2D eigenvalue weighted by Gasteiger charge is -2.26. The molecule has 2 aromatic carbocycles. The Morgan fingerprint density at radius 2 is 1.93 bits per heavy atom. The largest absolute Gasteiger partial charge is 0.377 e. The van der Waals surface area contributed by atoms with Crippen molar-refractivity contribution in [2.75, 3.05) is 32.1 Å². The number of benzene rings is 2. The summed E-state index contributed by atoms with van der Waals surface area (Å²) in [5.74, 6) is -0.321. The van der Waals surface area contributed by atoms with Crippen molar-refractivity contribution >= 4 is 59.7 Å². The van der Waals surface area contributed by atoms with E-state index in [1.165, 1.54) is 39.9 Å². The molecule has 214 valence electrons. The fraction of sp³-hybridized carbons (Fsp3) is 0.345. The van der Waals surface area contributed by atoms with Crippen LogP contribution in [-0.2, 0) is 32.5 Å². The van der Waals surface area contributed by atoms with Gasteiger partial charge in [-0.3, -0.25) is 9.59 Å². The summed E-state index contributed by atoms with van der Waals surface area (Å²) in [6.45, 7) is 3.63. The summed E-state index contributed by atoms with van der Waals surface area (Å²) < 4.78 is 34.1. The number of anilines is 1. The van der Waals surface area contributed by atoms with Crippen LogP contribution in [0.15, 0.2) is 53.4 Å². The Bertz CT molecular complexity index is 1690. The van der Waals surface area contributed by atoms with Crippen LogP contribution in [0.5, 0.6) is 0 Å². The number of rotatable bonds is 7. The Morgan fingerprint density at radius 3 is 2.63 bits per heavy atom. The minimum absolute atomic E-state index is 0.0210. The lowest BCUT2D eigenvalue weighted by Crippen LogP contribution is -2.34. The molecule has 1 fully saturated rings. The van der Waals surface area contributed by atoms with E-state index in [4.69, 9.17) is 9.72 Å². The third-order valence-corrected chi connectivity index (χ3v) is 11.6. The van der Waals surface area contributed by atoms with Crippen LogP contribution >= 0.6 is 22.7 Å². The lowest BCUT2D eigenvalue weighted by atomic mass is 10.0. The zero-order chi connectivity index (χ0) is 28.7. The number of carbonyl (C=O) groups excluding carboxylic acids is 2. The number of sulfonamides is 1. The van der Waals surface area contributed by atoms with E-state index in [2.05, 4.69) is 5.32 Å². The average Bonchev–Trinajstić information content (AvgIpc) is 3.70. The Hall–Kier alpha value is -3.16. The number of nitrogens with zero attached hydrogens (tertiary/aromatic N) is 3. The third-order valence-electron chi connectivity index (χ3n) is 7.55. The van der Waals surface area contributed by atoms with Crippen LogP contribution in [0.2, 0.25) is 0 Å². The second kappa shape index (κ2) is 11.3. The maximum Gasteiger partial charge on any atom is 0.256 e. The molecule has 1 atom stereocenters. The van der Waals surface area contributed by atoms with Gasteiger partial charge in [-0.1, -0.05) is 12.1 Å². The second-order valence-corrected chi connectivity index (χ2v) is 14.5. The molecule has 2 aromatic heterocycles. The van der Waals surface area contributed by atoms with E-state index >= 15 is 0 Å². The first-order valence-electron chi connectivity index (χ1n) is 13.5.